The second-order valence-corrected chi connectivity index (χ2v) is 8.98. The monoisotopic (exact) mass is 494 g/mol. The molecule has 1 aliphatic carbocycles. The number of anilines is 1. The summed E-state index contributed by atoms with van der Waals surface area (Å²) >= 11 is 0. The van der Waals surface area contributed by atoms with Gasteiger partial charge in [0.25, 0.3) is 5.91 Å². The summed E-state index contributed by atoms with van der Waals surface area (Å²) in [6.07, 6.45) is 3.70. The standard InChI is InChI=1S/C27H34N4O5/c1-3-36-22(16-32)14-25(34)31(21-6-4-5-7-21)23-10-8-19(12-17(23)2)27(35)30-15-20-13-18(26(28)29)9-11-24(20)33/h8-13,16,21-22,33H,3-7,14-15H2,1-2H3,(H3,28,29)(H,30,35). The fourth-order valence-electron chi connectivity index (χ4n) is 4.57. The number of nitrogens with one attached hydrogen (secondary N) is 2. The number of nitrogens with two attached hydrogens (primary N) is 1. The molecule has 0 aliphatic heterocycles. The van der Waals surface area contributed by atoms with Crippen LogP contribution in [0.1, 0.15) is 66.1 Å². The van der Waals surface area contributed by atoms with E-state index in [-0.39, 0.29) is 42.4 Å². The van der Waals surface area contributed by atoms with Gasteiger partial charge in [0.15, 0.2) is 0 Å². The summed E-state index contributed by atoms with van der Waals surface area (Å²) in [5, 5.41) is 20.4. The number of hydrogen-bond acceptors (Lipinski definition) is 6. The van der Waals surface area contributed by atoms with Crippen molar-refractivity contribution in [2.75, 3.05) is 11.5 Å². The number of nitrogen functional groups attached to an aromatic ring is 1. The van der Waals surface area contributed by atoms with Crippen LogP contribution in [-0.2, 0) is 20.9 Å². The fraction of sp³-hybridized carbons (Fsp3) is 0.407. The highest BCUT2D eigenvalue weighted by Gasteiger charge is 2.30. The van der Waals surface area contributed by atoms with E-state index in [1.807, 2.05) is 6.92 Å². The number of carbonyl (C=O) groups is 3. The van der Waals surface area contributed by atoms with Crippen LogP contribution in [0.4, 0.5) is 5.69 Å². The topological polar surface area (TPSA) is 146 Å². The smallest absolute Gasteiger partial charge is 0.251 e. The van der Waals surface area contributed by atoms with E-state index in [4.69, 9.17) is 15.9 Å². The molecule has 1 unspecified atom stereocenters. The van der Waals surface area contributed by atoms with E-state index in [9.17, 15) is 19.5 Å². The Morgan fingerprint density at radius 3 is 2.53 bits per heavy atom. The van der Waals surface area contributed by atoms with Crippen molar-refractivity contribution < 1.29 is 24.2 Å². The van der Waals surface area contributed by atoms with Gasteiger partial charge in [-0.05, 0) is 68.7 Å². The van der Waals surface area contributed by atoms with Crippen molar-refractivity contribution in [1.29, 1.82) is 5.41 Å². The molecule has 192 valence electrons. The lowest BCUT2D eigenvalue weighted by Gasteiger charge is -2.31. The predicted octanol–water partition coefficient (Wildman–Crippen LogP) is 3.18. The number of aryl methyl sites for hydroxylation is 1. The van der Waals surface area contributed by atoms with Crippen molar-refractivity contribution >= 4 is 29.6 Å². The molecule has 0 heterocycles. The minimum atomic E-state index is -0.783. The largest absolute Gasteiger partial charge is 0.508 e. The van der Waals surface area contributed by atoms with Gasteiger partial charge in [0.2, 0.25) is 5.91 Å². The number of benzene rings is 2. The Labute approximate surface area is 211 Å². The van der Waals surface area contributed by atoms with Crippen LogP contribution in [0, 0.1) is 12.3 Å². The van der Waals surface area contributed by atoms with Crippen molar-refractivity contribution in [2.24, 2.45) is 5.73 Å². The quantitative estimate of drug-likeness (QED) is 0.214. The van der Waals surface area contributed by atoms with Crippen LogP contribution in [0.25, 0.3) is 0 Å². The van der Waals surface area contributed by atoms with E-state index in [2.05, 4.69) is 5.32 Å². The molecule has 0 spiro atoms. The lowest BCUT2D eigenvalue weighted by molar-refractivity contribution is -0.127. The molecule has 0 aromatic heterocycles. The normalized spacial score (nSPS) is 14.3. The van der Waals surface area contributed by atoms with E-state index in [1.54, 1.807) is 36.1 Å². The zero-order chi connectivity index (χ0) is 26.2. The van der Waals surface area contributed by atoms with E-state index < -0.39 is 6.10 Å². The van der Waals surface area contributed by atoms with Gasteiger partial charge >= 0.3 is 0 Å². The lowest BCUT2D eigenvalue weighted by atomic mass is 10.0. The first-order valence-corrected chi connectivity index (χ1v) is 12.2. The first kappa shape index (κ1) is 26.9. The van der Waals surface area contributed by atoms with Gasteiger partial charge < -0.3 is 30.6 Å². The molecule has 9 nitrogen and oxygen atoms in total. The molecule has 0 bridgehead atoms. The van der Waals surface area contributed by atoms with Gasteiger partial charge in [-0.15, -0.1) is 0 Å². The molecule has 2 aromatic carbocycles. The average molecular weight is 495 g/mol. The van der Waals surface area contributed by atoms with E-state index >= 15 is 0 Å². The number of ether oxygens (including phenoxy) is 1. The number of hydrogen-bond donors (Lipinski definition) is 4. The van der Waals surface area contributed by atoms with Crippen LogP contribution in [0.3, 0.4) is 0 Å². The third kappa shape index (κ3) is 6.48. The van der Waals surface area contributed by atoms with Crippen LogP contribution < -0.4 is 16.0 Å². The summed E-state index contributed by atoms with van der Waals surface area (Å²) in [5.74, 6) is -0.643. The van der Waals surface area contributed by atoms with Gasteiger partial charge in [-0.3, -0.25) is 15.0 Å². The highest BCUT2D eigenvalue weighted by atomic mass is 16.5. The fourth-order valence-corrected chi connectivity index (χ4v) is 4.57. The van der Waals surface area contributed by atoms with Crippen molar-refractivity contribution in [1.82, 2.24) is 5.32 Å². The maximum atomic E-state index is 13.3. The number of aromatic hydroxyl groups is 1. The third-order valence-corrected chi connectivity index (χ3v) is 6.42. The van der Waals surface area contributed by atoms with Crippen molar-refractivity contribution in [2.45, 2.75) is 64.6 Å². The van der Waals surface area contributed by atoms with Crippen LogP contribution in [0.15, 0.2) is 36.4 Å². The lowest BCUT2D eigenvalue weighted by Crippen LogP contribution is -2.41. The van der Waals surface area contributed by atoms with E-state index in [1.165, 1.54) is 12.1 Å². The van der Waals surface area contributed by atoms with Crippen molar-refractivity contribution in [3.05, 3.63) is 58.7 Å². The number of phenolic OH excluding ortho intramolecular Hbond substituents is 1. The highest BCUT2D eigenvalue weighted by molar-refractivity contribution is 5.99. The first-order valence-electron chi connectivity index (χ1n) is 12.2. The van der Waals surface area contributed by atoms with E-state index in [0.29, 0.717) is 29.6 Å². The maximum Gasteiger partial charge on any atom is 0.251 e. The Hall–Kier alpha value is -3.72. The van der Waals surface area contributed by atoms with Gasteiger partial charge in [0.05, 0.1) is 6.42 Å². The molecule has 1 aliphatic rings. The molecule has 9 heteroatoms. The average Bonchev–Trinajstić information content (AvgIpc) is 3.38. The van der Waals surface area contributed by atoms with Crippen molar-refractivity contribution in [3.8, 4) is 5.75 Å². The number of nitrogens with zero attached hydrogens (tertiary/aromatic N) is 1. The molecule has 0 radical (unpaired) electrons. The SMILES string of the molecule is CCOC(C=O)CC(=O)N(c1ccc(C(=O)NCc2cc(C(=N)N)ccc2O)cc1C)C1CCCC1. The summed E-state index contributed by atoms with van der Waals surface area (Å²) in [6, 6.07) is 9.74. The van der Waals surface area contributed by atoms with Gasteiger partial charge in [0.1, 0.15) is 24.0 Å². The number of amidine groups is 1. The molecule has 5 N–H and O–H groups in total. The molecule has 3 rings (SSSR count). The Bertz CT molecular complexity index is 1130. The van der Waals surface area contributed by atoms with Gasteiger partial charge in [-0.1, -0.05) is 12.8 Å². The Kier molecular flexibility index (Phi) is 9.19. The molecule has 0 saturated heterocycles. The number of aldehydes is 1. The minimum Gasteiger partial charge on any atom is -0.508 e. The number of phenols is 1. The number of amides is 2. The van der Waals surface area contributed by atoms with Crippen LogP contribution in [-0.4, -0.2) is 47.8 Å². The van der Waals surface area contributed by atoms with Gasteiger partial charge in [-0.2, -0.15) is 0 Å². The zero-order valence-electron chi connectivity index (χ0n) is 20.8. The first-order chi connectivity index (χ1) is 17.2. The molecule has 1 atom stereocenters. The van der Waals surface area contributed by atoms with Gasteiger partial charge in [-0.25, -0.2) is 0 Å². The van der Waals surface area contributed by atoms with Gasteiger partial charge in [0, 0.05) is 41.6 Å². The molecule has 1 fully saturated rings. The summed E-state index contributed by atoms with van der Waals surface area (Å²) in [5.41, 5.74) is 8.31. The highest BCUT2D eigenvalue weighted by Crippen LogP contribution is 2.32. The molecule has 36 heavy (non-hydrogen) atoms. The Morgan fingerprint density at radius 1 is 1.22 bits per heavy atom. The van der Waals surface area contributed by atoms with Crippen LogP contribution in [0.2, 0.25) is 0 Å². The number of rotatable bonds is 11. The van der Waals surface area contributed by atoms with E-state index in [0.717, 1.165) is 36.9 Å². The molecule has 2 aromatic rings. The minimum absolute atomic E-state index is 0.00164. The second kappa shape index (κ2) is 12.3. The molecular formula is C27H34N4O5. The van der Waals surface area contributed by atoms with Crippen LogP contribution in [0.5, 0.6) is 5.75 Å². The Morgan fingerprint density at radius 2 is 1.92 bits per heavy atom. The maximum absolute atomic E-state index is 13.3. The Balaban J connectivity index is 1.78. The summed E-state index contributed by atoms with van der Waals surface area (Å²) in [7, 11) is 0. The van der Waals surface area contributed by atoms with Crippen molar-refractivity contribution in [3.63, 3.8) is 0 Å². The predicted molar refractivity (Wildman–Crippen MR) is 137 cm³/mol. The summed E-state index contributed by atoms with van der Waals surface area (Å²) in [6.45, 7) is 4.04. The molecule has 2 amide bonds. The second-order valence-electron chi connectivity index (χ2n) is 8.98. The van der Waals surface area contributed by atoms with Crippen LogP contribution >= 0.6 is 0 Å². The third-order valence-electron chi connectivity index (χ3n) is 6.42. The summed E-state index contributed by atoms with van der Waals surface area (Å²) in [4.78, 5) is 39.2. The zero-order valence-corrected chi connectivity index (χ0v) is 20.8. The summed E-state index contributed by atoms with van der Waals surface area (Å²) < 4.78 is 5.38. The molecule has 1 saturated carbocycles. The number of carbonyl (C=O) groups excluding carboxylic acids is 3. The molecular weight excluding hydrogens is 460 g/mol.